The van der Waals surface area contributed by atoms with Gasteiger partial charge >= 0.3 is 0 Å². The molecule has 0 saturated heterocycles. The van der Waals surface area contributed by atoms with E-state index in [4.69, 9.17) is 28.3 Å². The van der Waals surface area contributed by atoms with Gasteiger partial charge in [0, 0.05) is 80.1 Å². The van der Waals surface area contributed by atoms with Gasteiger partial charge < -0.3 is 41.5 Å². The second-order valence-corrected chi connectivity index (χ2v) is 16.5. The van der Waals surface area contributed by atoms with E-state index in [1.807, 2.05) is 62.7 Å². The smallest absolute Gasteiger partial charge is 0.145 e. The van der Waals surface area contributed by atoms with E-state index in [2.05, 4.69) is 94.2 Å². The van der Waals surface area contributed by atoms with Crippen molar-refractivity contribution in [2.24, 2.45) is 19.9 Å². The number of hydrazine groups is 1. The van der Waals surface area contributed by atoms with E-state index >= 15 is 0 Å². The molecule has 0 saturated carbocycles. The maximum atomic E-state index is 7.83. The number of halogens is 5. The van der Waals surface area contributed by atoms with Gasteiger partial charge in [-0.15, -0.1) is 0 Å². The Morgan fingerprint density at radius 2 is 1.53 bits per heavy atom. The molecule has 0 aromatic carbocycles. The molecule has 2 aromatic rings. The molecule has 2 aromatic heterocycles. The molecule has 0 unspecified atom stereocenters. The largest absolute Gasteiger partial charge is 0.384 e. The van der Waals surface area contributed by atoms with E-state index < -0.39 is 0 Å². The number of nitrogen functional groups attached to an aromatic ring is 2. The van der Waals surface area contributed by atoms with Crippen LogP contribution in [0, 0.1) is 37.5 Å². The van der Waals surface area contributed by atoms with Crippen LogP contribution in [0.3, 0.4) is 0 Å². The first-order chi connectivity index (χ1) is 14.3. The van der Waals surface area contributed by atoms with Crippen molar-refractivity contribution in [1.29, 1.82) is 5.26 Å². The SMILES string of the molecule is C/C(Cl)=C/C#N.CNN.Cc1cc(N)n(C)n1.Cc1cc(N)nn1C.IC(I)I.[CH2-]I.[CH3-].[V].[V]. The molecule has 0 aliphatic rings. The summed E-state index contributed by atoms with van der Waals surface area (Å²) in [7, 11) is 5.34. The van der Waals surface area contributed by atoms with Crippen LogP contribution in [0.2, 0.25) is 0 Å². The third-order valence-electron chi connectivity index (χ3n) is 2.43. The molecule has 2 heterocycles. The molecule has 7 N–H and O–H groups in total. The Morgan fingerprint density at radius 3 is 1.59 bits per heavy atom. The minimum atomic E-state index is 0. The van der Waals surface area contributed by atoms with E-state index in [1.54, 1.807) is 29.4 Å². The normalized spacial score (nSPS) is 8.21. The number of rotatable bonds is 0. The number of allylic oxidation sites excluding steroid dienone is 2. The molecule has 9 nitrogen and oxygen atoms in total. The van der Waals surface area contributed by atoms with Crippen LogP contribution < -0.4 is 22.7 Å². The van der Waals surface area contributed by atoms with Gasteiger partial charge in [-0.2, -0.15) is 15.5 Å². The summed E-state index contributed by atoms with van der Waals surface area (Å²) >= 11 is 14.1. The first-order valence-electron chi connectivity index (χ1n) is 8.12. The molecule has 0 bridgehead atoms. The molecule has 0 amide bonds. The summed E-state index contributed by atoms with van der Waals surface area (Å²) in [5.41, 5.74) is 15.1. The van der Waals surface area contributed by atoms with Crippen molar-refractivity contribution in [3.63, 3.8) is 0 Å². The van der Waals surface area contributed by atoms with Gasteiger partial charge in [0.25, 0.3) is 0 Å². The maximum Gasteiger partial charge on any atom is 0.145 e. The van der Waals surface area contributed by atoms with E-state index in [9.17, 15) is 0 Å². The van der Waals surface area contributed by atoms with Crippen molar-refractivity contribution in [1.82, 2.24) is 25.0 Å². The zero-order valence-corrected chi connectivity index (χ0v) is 32.4. The van der Waals surface area contributed by atoms with Gasteiger partial charge in [0.2, 0.25) is 0 Å². The Balaban J connectivity index is -0.0000000534. The summed E-state index contributed by atoms with van der Waals surface area (Å²) in [5.74, 6) is 5.90. The number of nitriles is 1. The first kappa shape index (κ1) is 52.1. The van der Waals surface area contributed by atoms with Crippen molar-refractivity contribution in [2.45, 2.75) is 20.7 Å². The van der Waals surface area contributed by atoms with Crippen LogP contribution in [0.25, 0.3) is 0 Å². The molecule has 16 heteroatoms. The molecule has 0 atom stereocenters. The quantitative estimate of drug-likeness (QED) is 0.0673. The Labute approximate surface area is 289 Å². The fourth-order valence-electron chi connectivity index (χ4n) is 1.31. The van der Waals surface area contributed by atoms with E-state index in [0.717, 1.165) is 11.3 Å². The molecular formula is C18H34ClI4N9V2-2. The van der Waals surface area contributed by atoms with Crippen LogP contribution >= 0.6 is 102 Å². The third-order valence-corrected chi connectivity index (χ3v) is 2.54. The van der Waals surface area contributed by atoms with Gasteiger partial charge in [-0.1, -0.05) is 79.4 Å². The van der Waals surface area contributed by atoms with E-state index in [0.29, 0.717) is 16.7 Å². The number of alkyl halides is 3. The molecular weight excluding hydrogens is 987 g/mol. The van der Waals surface area contributed by atoms with Gasteiger partial charge in [0.1, 0.15) is 11.6 Å². The van der Waals surface area contributed by atoms with Crippen LogP contribution in [0.15, 0.2) is 23.2 Å². The summed E-state index contributed by atoms with van der Waals surface area (Å²) in [6.07, 6.45) is 1.28. The van der Waals surface area contributed by atoms with Crippen LogP contribution in [0.5, 0.6) is 0 Å². The molecule has 34 heavy (non-hydrogen) atoms. The van der Waals surface area contributed by atoms with Gasteiger partial charge in [0.15, 0.2) is 0 Å². The fourth-order valence-corrected chi connectivity index (χ4v) is 1.36. The van der Waals surface area contributed by atoms with Crippen LogP contribution in [0.1, 0.15) is 18.3 Å². The number of hydrogen-bond acceptors (Lipinski definition) is 7. The first-order valence-corrected chi connectivity index (χ1v) is 13.8. The number of aromatic nitrogens is 4. The second-order valence-electron chi connectivity index (χ2n) is 5.06. The molecule has 0 spiro atoms. The molecule has 0 aliphatic carbocycles. The number of aryl methyl sites for hydroxylation is 4. The molecule has 2 radical (unpaired) electrons. The summed E-state index contributed by atoms with van der Waals surface area (Å²) in [6.45, 7) is 5.53. The van der Waals surface area contributed by atoms with Crippen molar-refractivity contribution < 1.29 is 37.1 Å². The van der Waals surface area contributed by atoms with Gasteiger partial charge in [-0.25, -0.2) is 0 Å². The molecule has 0 aliphatic heterocycles. The number of nitrogens with two attached hydrogens (primary N) is 3. The van der Waals surface area contributed by atoms with Crippen LogP contribution in [-0.2, 0) is 51.2 Å². The van der Waals surface area contributed by atoms with E-state index in [1.165, 1.54) is 6.08 Å². The van der Waals surface area contributed by atoms with Crippen molar-refractivity contribution in [3.05, 3.63) is 47.0 Å². The van der Waals surface area contributed by atoms with Crippen molar-refractivity contribution in [3.8, 4) is 6.07 Å². The number of anilines is 2. The standard InChI is InChI=1S/2C5H9N3.C4H4ClN.CHI3.CH2I.CH6N2.CH3.2V/c1-4-3-5(6)7-8(4)2;1-4-3-5(6)8(2)7-4;1-4(5)2-3-6;2-1(3)4;1-2;1-3-2;;;/h3H,1-2H3,(H2,6,7);3H,6H2,1-2H3;2H,1H3;1H;1H2;3H,2H2,1H3;1H3;;/q;;;;-1;;-1;;/b;;4-2-;;;;;;. The average molecular weight is 1020 g/mol. The van der Waals surface area contributed by atoms with Crippen LogP contribution in [0.4, 0.5) is 11.6 Å². The Hall–Kier alpha value is 1.55. The van der Waals surface area contributed by atoms with Gasteiger partial charge in [-0.05, 0) is 27.8 Å². The minimum absolute atomic E-state index is 0. The third kappa shape index (κ3) is 43.6. The maximum absolute atomic E-state index is 7.83. The number of nitrogens with zero attached hydrogens (tertiary/aromatic N) is 5. The van der Waals surface area contributed by atoms with Crippen molar-refractivity contribution in [2.75, 3.05) is 18.5 Å². The minimum Gasteiger partial charge on any atom is -0.384 e. The Morgan fingerprint density at radius 1 is 1.15 bits per heavy atom. The summed E-state index contributed by atoms with van der Waals surface area (Å²) in [4.78, 5) is 3.22. The number of nitrogens with one attached hydrogen (secondary N) is 1. The van der Waals surface area contributed by atoms with E-state index in [-0.39, 0.29) is 44.5 Å². The number of hydrogen-bond donors (Lipinski definition) is 4. The molecule has 198 valence electrons. The predicted octanol–water partition coefficient (Wildman–Crippen LogP) is 5.59. The predicted molar refractivity (Wildman–Crippen MR) is 175 cm³/mol. The van der Waals surface area contributed by atoms with Gasteiger partial charge in [0.05, 0.1) is 11.8 Å². The van der Waals surface area contributed by atoms with Gasteiger partial charge in [-0.3, -0.25) is 25.6 Å². The molecule has 0 fully saturated rings. The monoisotopic (exact) mass is 1020 g/mol. The van der Waals surface area contributed by atoms with Crippen LogP contribution in [-0.4, -0.2) is 26.5 Å². The van der Waals surface area contributed by atoms with Crippen molar-refractivity contribution >= 4 is 114 Å². The zero-order valence-electron chi connectivity index (χ0n) is 20.3. The Bertz CT molecular complexity index is 662. The fraction of sp³-hybridized carbons (Fsp3) is 0.389. The topological polar surface area (TPSA) is 150 Å². The summed E-state index contributed by atoms with van der Waals surface area (Å²) in [6, 6.07) is 5.44. The second kappa shape index (κ2) is 36.7. The summed E-state index contributed by atoms with van der Waals surface area (Å²) in [5, 5.41) is 16.3. The summed E-state index contributed by atoms with van der Waals surface area (Å²) < 4.78 is 4.14. The average Bonchev–Trinajstić information content (AvgIpc) is 3.09. The zero-order chi connectivity index (χ0) is 25.6. The molecule has 2 rings (SSSR count). The Kier molecular flexibility index (Phi) is 56.2.